The molecule has 7 heteroatoms. The Bertz CT molecular complexity index is 368. The van der Waals surface area contributed by atoms with Crippen molar-refractivity contribution in [2.24, 2.45) is 11.8 Å². The van der Waals surface area contributed by atoms with E-state index in [4.69, 9.17) is 0 Å². The molecule has 4 nitrogen and oxygen atoms in total. The van der Waals surface area contributed by atoms with Crippen LogP contribution in [0.2, 0.25) is 0 Å². The number of rotatable bonds is 3. The van der Waals surface area contributed by atoms with E-state index >= 15 is 0 Å². The molecular weight excluding hydrogens is 285 g/mol. The average Bonchev–Trinajstić information content (AvgIpc) is 2.37. The van der Waals surface area contributed by atoms with Crippen molar-refractivity contribution >= 4 is 5.97 Å². The molecule has 0 amide bonds. The number of hydrogen-bond donors (Lipinski definition) is 1. The molecule has 2 rings (SSSR count). The molecule has 1 heterocycles. The van der Waals surface area contributed by atoms with E-state index < -0.39 is 18.7 Å². The van der Waals surface area contributed by atoms with Crippen molar-refractivity contribution in [1.82, 2.24) is 9.80 Å². The normalized spacial score (nSPS) is 33.0. The van der Waals surface area contributed by atoms with Gasteiger partial charge in [-0.1, -0.05) is 6.92 Å². The van der Waals surface area contributed by atoms with Gasteiger partial charge in [-0.15, -0.1) is 0 Å². The Morgan fingerprint density at radius 3 is 2.33 bits per heavy atom. The molecule has 0 aromatic carbocycles. The highest BCUT2D eigenvalue weighted by Gasteiger charge is 2.39. The van der Waals surface area contributed by atoms with Crippen molar-refractivity contribution in [3.05, 3.63) is 0 Å². The highest BCUT2D eigenvalue weighted by Crippen LogP contribution is 2.33. The fourth-order valence-electron chi connectivity index (χ4n) is 3.55. The van der Waals surface area contributed by atoms with Crippen LogP contribution in [0.4, 0.5) is 13.2 Å². The van der Waals surface area contributed by atoms with Gasteiger partial charge in [-0.3, -0.25) is 14.6 Å². The van der Waals surface area contributed by atoms with Crippen molar-refractivity contribution in [2.75, 3.05) is 32.7 Å². The number of nitrogens with zero attached hydrogens (tertiary/aromatic N) is 2. The monoisotopic (exact) mass is 308 g/mol. The molecule has 0 radical (unpaired) electrons. The van der Waals surface area contributed by atoms with Crippen LogP contribution >= 0.6 is 0 Å². The van der Waals surface area contributed by atoms with Crippen LogP contribution in [-0.2, 0) is 4.79 Å². The minimum Gasteiger partial charge on any atom is -0.481 e. The molecule has 3 atom stereocenters. The number of carboxylic acids is 1. The zero-order valence-electron chi connectivity index (χ0n) is 12.3. The Labute approximate surface area is 122 Å². The van der Waals surface area contributed by atoms with Crippen molar-refractivity contribution in [3.8, 4) is 0 Å². The van der Waals surface area contributed by atoms with Gasteiger partial charge in [0.1, 0.15) is 0 Å². The molecule has 0 bridgehead atoms. The minimum atomic E-state index is -4.16. The molecular formula is C14H23F3N2O2. The van der Waals surface area contributed by atoms with Crippen LogP contribution < -0.4 is 0 Å². The maximum atomic E-state index is 12.4. The van der Waals surface area contributed by atoms with Gasteiger partial charge < -0.3 is 5.11 Å². The van der Waals surface area contributed by atoms with Crippen LogP contribution in [0.25, 0.3) is 0 Å². The molecule has 1 saturated heterocycles. The molecule has 1 N–H and O–H groups in total. The van der Waals surface area contributed by atoms with Crippen LogP contribution in [0.3, 0.4) is 0 Å². The zero-order chi connectivity index (χ0) is 15.6. The van der Waals surface area contributed by atoms with Crippen LogP contribution in [0.5, 0.6) is 0 Å². The van der Waals surface area contributed by atoms with Crippen molar-refractivity contribution in [2.45, 2.75) is 38.4 Å². The van der Waals surface area contributed by atoms with Gasteiger partial charge >= 0.3 is 12.1 Å². The number of halogens is 3. The fourth-order valence-corrected chi connectivity index (χ4v) is 3.55. The van der Waals surface area contributed by atoms with Crippen molar-refractivity contribution in [1.29, 1.82) is 0 Å². The first-order valence-corrected chi connectivity index (χ1v) is 7.52. The standard InChI is InChI=1S/C14H23F3N2O2/c1-10-2-3-11(13(20)21)12(8-10)19-6-4-18(5-7-19)9-14(15,16)17/h10-12H,2-9H2,1H3,(H,20,21). The lowest BCUT2D eigenvalue weighted by molar-refractivity contribution is -0.152. The molecule has 1 aliphatic carbocycles. The first-order chi connectivity index (χ1) is 9.76. The van der Waals surface area contributed by atoms with E-state index in [2.05, 4.69) is 11.8 Å². The second-order valence-corrected chi connectivity index (χ2v) is 6.36. The third-order valence-electron chi connectivity index (χ3n) is 4.67. The maximum absolute atomic E-state index is 12.4. The van der Waals surface area contributed by atoms with Crippen molar-refractivity contribution < 1.29 is 23.1 Å². The lowest BCUT2D eigenvalue weighted by Crippen LogP contribution is -2.56. The zero-order valence-corrected chi connectivity index (χ0v) is 12.3. The molecule has 2 aliphatic rings. The number of piperazine rings is 1. The summed E-state index contributed by atoms with van der Waals surface area (Å²) in [6.07, 6.45) is -1.74. The fraction of sp³-hybridized carbons (Fsp3) is 0.929. The highest BCUT2D eigenvalue weighted by molar-refractivity contribution is 5.71. The second-order valence-electron chi connectivity index (χ2n) is 6.36. The second kappa shape index (κ2) is 6.52. The molecule has 3 unspecified atom stereocenters. The Kier molecular flexibility index (Phi) is 5.14. The molecule has 2 fully saturated rings. The third kappa shape index (κ3) is 4.57. The summed E-state index contributed by atoms with van der Waals surface area (Å²) in [6, 6.07) is -0.0284. The first kappa shape index (κ1) is 16.5. The van der Waals surface area contributed by atoms with Gasteiger partial charge in [0.05, 0.1) is 12.5 Å². The first-order valence-electron chi connectivity index (χ1n) is 7.52. The third-order valence-corrected chi connectivity index (χ3v) is 4.67. The summed E-state index contributed by atoms with van der Waals surface area (Å²) in [6.45, 7) is 3.01. The summed E-state index contributed by atoms with van der Waals surface area (Å²) >= 11 is 0. The van der Waals surface area contributed by atoms with Gasteiger partial charge in [-0.05, 0) is 25.2 Å². The topological polar surface area (TPSA) is 43.8 Å². The minimum absolute atomic E-state index is 0.0284. The summed E-state index contributed by atoms with van der Waals surface area (Å²) in [4.78, 5) is 14.9. The summed E-state index contributed by atoms with van der Waals surface area (Å²) in [7, 11) is 0. The predicted octanol–water partition coefficient (Wildman–Crippen LogP) is 2.06. The number of carboxylic acid groups (broad SMARTS) is 1. The van der Waals surface area contributed by atoms with Gasteiger partial charge in [-0.25, -0.2) is 0 Å². The van der Waals surface area contributed by atoms with E-state index in [0.717, 1.165) is 12.8 Å². The average molecular weight is 308 g/mol. The van der Waals surface area contributed by atoms with E-state index in [1.807, 2.05) is 0 Å². The molecule has 21 heavy (non-hydrogen) atoms. The summed E-state index contributed by atoms with van der Waals surface area (Å²) in [5.41, 5.74) is 0. The van der Waals surface area contributed by atoms with E-state index in [1.165, 1.54) is 4.90 Å². The van der Waals surface area contributed by atoms with Gasteiger partial charge in [0.15, 0.2) is 0 Å². The lowest BCUT2D eigenvalue weighted by Gasteiger charge is -2.44. The molecule has 1 aliphatic heterocycles. The molecule has 0 aromatic heterocycles. The molecule has 0 aromatic rings. The number of alkyl halides is 3. The molecule has 0 spiro atoms. The van der Waals surface area contributed by atoms with Crippen LogP contribution in [0.15, 0.2) is 0 Å². The molecule has 1 saturated carbocycles. The van der Waals surface area contributed by atoms with Crippen LogP contribution in [0.1, 0.15) is 26.2 Å². The van der Waals surface area contributed by atoms with Gasteiger partial charge in [0, 0.05) is 32.2 Å². The van der Waals surface area contributed by atoms with Gasteiger partial charge in [0.25, 0.3) is 0 Å². The Morgan fingerprint density at radius 2 is 1.81 bits per heavy atom. The van der Waals surface area contributed by atoms with Crippen molar-refractivity contribution in [3.63, 3.8) is 0 Å². The SMILES string of the molecule is CC1CCC(C(=O)O)C(N2CCN(CC(F)(F)F)CC2)C1. The maximum Gasteiger partial charge on any atom is 0.401 e. The lowest BCUT2D eigenvalue weighted by atomic mass is 9.78. The Balaban J connectivity index is 1.91. The summed E-state index contributed by atoms with van der Waals surface area (Å²) in [5, 5.41) is 9.34. The number of carbonyl (C=O) groups is 1. The van der Waals surface area contributed by atoms with E-state index in [9.17, 15) is 23.1 Å². The van der Waals surface area contributed by atoms with Crippen LogP contribution in [-0.4, -0.2) is 65.8 Å². The quantitative estimate of drug-likeness (QED) is 0.867. The smallest absolute Gasteiger partial charge is 0.401 e. The van der Waals surface area contributed by atoms with Crippen LogP contribution in [0, 0.1) is 11.8 Å². The highest BCUT2D eigenvalue weighted by atomic mass is 19.4. The summed E-state index contributed by atoms with van der Waals surface area (Å²) < 4.78 is 37.1. The predicted molar refractivity (Wildman–Crippen MR) is 72.0 cm³/mol. The Hall–Kier alpha value is -0.820. The summed E-state index contributed by atoms with van der Waals surface area (Å²) in [5.74, 6) is -0.668. The number of aliphatic carboxylic acids is 1. The van der Waals surface area contributed by atoms with Gasteiger partial charge in [-0.2, -0.15) is 13.2 Å². The number of hydrogen-bond acceptors (Lipinski definition) is 3. The largest absolute Gasteiger partial charge is 0.481 e. The Morgan fingerprint density at radius 1 is 1.19 bits per heavy atom. The molecule has 122 valence electrons. The van der Waals surface area contributed by atoms with E-state index in [0.29, 0.717) is 38.5 Å². The van der Waals surface area contributed by atoms with E-state index in [1.54, 1.807) is 0 Å². The van der Waals surface area contributed by atoms with Gasteiger partial charge in [0.2, 0.25) is 0 Å². The van der Waals surface area contributed by atoms with E-state index in [-0.39, 0.29) is 12.0 Å².